The van der Waals surface area contributed by atoms with E-state index in [0.717, 1.165) is 5.46 Å². The molecule has 1 saturated heterocycles. The van der Waals surface area contributed by atoms with Crippen molar-refractivity contribution in [1.82, 2.24) is 0 Å². The molecule has 0 N–H and O–H groups in total. The zero-order valence-electron chi connectivity index (χ0n) is 23.1. The zero-order valence-corrected chi connectivity index (χ0v) is 23.1. The van der Waals surface area contributed by atoms with E-state index < -0.39 is 0 Å². The molecule has 0 bridgehead atoms. The van der Waals surface area contributed by atoms with Crippen molar-refractivity contribution in [1.29, 1.82) is 0 Å². The van der Waals surface area contributed by atoms with Gasteiger partial charge in [0.2, 0.25) is 0 Å². The fourth-order valence-corrected chi connectivity index (χ4v) is 5.08. The first-order valence-electron chi connectivity index (χ1n) is 12.9. The van der Waals surface area contributed by atoms with E-state index in [9.17, 15) is 0 Å². The maximum absolute atomic E-state index is 6.39. The molecule has 0 aliphatic carbocycles. The summed E-state index contributed by atoms with van der Waals surface area (Å²) in [5, 5.41) is 7.75. The van der Waals surface area contributed by atoms with Crippen molar-refractivity contribution in [2.75, 3.05) is 0 Å². The Morgan fingerprint density at radius 1 is 0.514 bits per heavy atom. The van der Waals surface area contributed by atoms with Crippen LogP contribution in [0.5, 0.6) is 0 Å². The number of hydrogen-bond donors (Lipinski definition) is 0. The predicted molar refractivity (Wildman–Crippen MR) is 152 cm³/mol. The lowest BCUT2D eigenvalue weighted by Crippen LogP contribution is -2.41. The van der Waals surface area contributed by atoms with Gasteiger partial charge in [0.1, 0.15) is 0 Å². The van der Waals surface area contributed by atoms with E-state index in [1.807, 2.05) is 0 Å². The summed E-state index contributed by atoms with van der Waals surface area (Å²) in [6, 6.07) is 20.8. The number of rotatable bonds is 1. The summed E-state index contributed by atoms with van der Waals surface area (Å²) in [6.07, 6.45) is 0. The van der Waals surface area contributed by atoms with Crippen LogP contribution in [0, 0.1) is 0 Å². The van der Waals surface area contributed by atoms with Gasteiger partial charge < -0.3 is 9.31 Å². The van der Waals surface area contributed by atoms with E-state index in [2.05, 4.69) is 124 Å². The van der Waals surface area contributed by atoms with Crippen LogP contribution in [0.2, 0.25) is 0 Å². The maximum Gasteiger partial charge on any atom is 0.494 e. The summed E-state index contributed by atoms with van der Waals surface area (Å²) >= 11 is 0. The van der Waals surface area contributed by atoms with Crippen LogP contribution in [0.25, 0.3) is 32.3 Å². The van der Waals surface area contributed by atoms with Gasteiger partial charge in [-0.2, -0.15) is 0 Å². The molecule has 1 aliphatic heterocycles. The highest BCUT2D eigenvalue weighted by Gasteiger charge is 2.51. The van der Waals surface area contributed by atoms with Gasteiger partial charge in [0.25, 0.3) is 0 Å². The average Bonchev–Trinajstić information content (AvgIpc) is 2.98. The van der Waals surface area contributed by atoms with Crippen molar-refractivity contribution in [2.24, 2.45) is 0 Å². The predicted octanol–water partition coefficient (Wildman–Crippen LogP) is 8.04. The Bertz CT molecular complexity index is 1450. The first kappa shape index (κ1) is 24.3. The SMILES string of the molecule is CC(C)(C)c1ccc2c3ccc(B4OC(C)(C)C(C)(C)O4)cc3c3ccc(C(C)(C)C)cc3c2c1. The summed E-state index contributed by atoms with van der Waals surface area (Å²) in [5.74, 6) is 0. The Hall–Kier alpha value is -2.36. The molecule has 3 heteroatoms. The first-order chi connectivity index (χ1) is 16.1. The molecule has 182 valence electrons. The molecule has 5 rings (SSSR count). The molecule has 1 aliphatic rings. The summed E-state index contributed by atoms with van der Waals surface area (Å²) in [4.78, 5) is 0. The van der Waals surface area contributed by atoms with Crippen LogP contribution in [-0.4, -0.2) is 18.3 Å². The zero-order chi connectivity index (χ0) is 25.6. The minimum atomic E-state index is -0.368. The molecular weight excluding hydrogens is 427 g/mol. The molecule has 0 aromatic heterocycles. The van der Waals surface area contributed by atoms with Crippen molar-refractivity contribution >= 4 is 44.9 Å². The standard InChI is InChI=1S/C32H39BO2/c1-29(2,3)20-11-14-23-24-16-13-22(33-34-31(7,8)32(9,10)35-33)19-28(24)25-15-12-21(30(4,5)6)18-27(25)26(23)17-20/h11-19H,1-10H3. The molecule has 0 amide bonds. The lowest BCUT2D eigenvalue weighted by atomic mass is 9.76. The van der Waals surface area contributed by atoms with Crippen LogP contribution in [0.3, 0.4) is 0 Å². The third-order valence-electron chi connectivity index (χ3n) is 8.21. The van der Waals surface area contributed by atoms with E-state index >= 15 is 0 Å². The molecule has 0 atom stereocenters. The van der Waals surface area contributed by atoms with Gasteiger partial charge in [-0.1, -0.05) is 84.0 Å². The van der Waals surface area contributed by atoms with Gasteiger partial charge >= 0.3 is 7.12 Å². The van der Waals surface area contributed by atoms with Gasteiger partial charge in [-0.15, -0.1) is 0 Å². The summed E-state index contributed by atoms with van der Waals surface area (Å²) in [7, 11) is -0.368. The van der Waals surface area contributed by atoms with Crippen molar-refractivity contribution in [3.63, 3.8) is 0 Å². The Kier molecular flexibility index (Phi) is 5.27. The molecule has 0 radical (unpaired) electrons. The number of fused-ring (bicyclic) bond motifs is 6. The average molecular weight is 466 g/mol. The summed E-state index contributed by atoms with van der Waals surface area (Å²) < 4.78 is 12.8. The Morgan fingerprint density at radius 3 is 1.31 bits per heavy atom. The molecule has 2 nitrogen and oxygen atoms in total. The molecule has 35 heavy (non-hydrogen) atoms. The summed E-state index contributed by atoms with van der Waals surface area (Å²) in [6.45, 7) is 22.2. The first-order valence-corrected chi connectivity index (χ1v) is 12.9. The Labute approximate surface area is 211 Å². The molecule has 1 fully saturated rings. The highest BCUT2D eigenvalue weighted by Crippen LogP contribution is 2.40. The van der Waals surface area contributed by atoms with Gasteiger partial charge in [-0.3, -0.25) is 0 Å². The van der Waals surface area contributed by atoms with Crippen LogP contribution in [0.4, 0.5) is 0 Å². The van der Waals surface area contributed by atoms with Crippen LogP contribution in [0.15, 0.2) is 54.6 Å². The van der Waals surface area contributed by atoms with E-state index in [1.54, 1.807) is 0 Å². The highest BCUT2D eigenvalue weighted by molar-refractivity contribution is 6.62. The molecule has 4 aromatic carbocycles. The van der Waals surface area contributed by atoms with E-state index in [0.29, 0.717) is 0 Å². The van der Waals surface area contributed by atoms with Crippen molar-refractivity contribution in [2.45, 2.75) is 91.3 Å². The monoisotopic (exact) mass is 466 g/mol. The van der Waals surface area contributed by atoms with Crippen molar-refractivity contribution in [3.05, 3.63) is 65.7 Å². The van der Waals surface area contributed by atoms with Crippen molar-refractivity contribution in [3.8, 4) is 0 Å². The van der Waals surface area contributed by atoms with Crippen LogP contribution in [-0.2, 0) is 20.1 Å². The fraction of sp³-hybridized carbons (Fsp3) is 0.438. The molecule has 0 unspecified atom stereocenters. The second-order valence-electron chi connectivity index (χ2n) is 13.4. The quantitative estimate of drug-likeness (QED) is 0.209. The topological polar surface area (TPSA) is 18.5 Å². The maximum atomic E-state index is 6.39. The molecule has 1 heterocycles. The van der Waals surface area contributed by atoms with Crippen LogP contribution >= 0.6 is 0 Å². The molecular formula is C32H39BO2. The largest absolute Gasteiger partial charge is 0.494 e. The lowest BCUT2D eigenvalue weighted by Gasteiger charge is -2.32. The number of benzene rings is 4. The van der Waals surface area contributed by atoms with Gasteiger partial charge in [-0.05, 0) is 99.6 Å². The molecule has 4 aromatic rings. The third kappa shape index (κ3) is 3.97. The lowest BCUT2D eigenvalue weighted by molar-refractivity contribution is 0.00578. The Morgan fingerprint density at radius 2 is 0.886 bits per heavy atom. The van der Waals surface area contributed by atoms with E-state index in [1.165, 1.54) is 43.4 Å². The minimum Gasteiger partial charge on any atom is -0.399 e. The smallest absolute Gasteiger partial charge is 0.399 e. The van der Waals surface area contributed by atoms with Crippen molar-refractivity contribution < 1.29 is 9.31 Å². The van der Waals surface area contributed by atoms with E-state index in [-0.39, 0.29) is 29.2 Å². The van der Waals surface area contributed by atoms with Gasteiger partial charge in [0.15, 0.2) is 0 Å². The third-order valence-corrected chi connectivity index (χ3v) is 8.21. The summed E-state index contributed by atoms with van der Waals surface area (Å²) in [5.41, 5.74) is 3.25. The molecule has 0 spiro atoms. The second kappa shape index (κ2) is 7.57. The second-order valence-corrected chi connectivity index (χ2v) is 13.4. The number of hydrogen-bond acceptors (Lipinski definition) is 2. The normalized spacial score (nSPS) is 18.2. The van der Waals surface area contributed by atoms with Gasteiger partial charge in [0, 0.05) is 0 Å². The van der Waals surface area contributed by atoms with E-state index in [4.69, 9.17) is 9.31 Å². The Balaban J connectivity index is 1.81. The van der Waals surface area contributed by atoms with Gasteiger partial charge in [0.05, 0.1) is 11.2 Å². The van der Waals surface area contributed by atoms with Gasteiger partial charge in [-0.25, -0.2) is 0 Å². The molecule has 0 saturated carbocycles. The fourth-order valence-electron chi connectivity index (χ4n) is 5.08. The van der Waals surface area contributed by atoms with Crippen LogP contribution in [0.1, 0.15) is 80.4 Å². The van der Waals surface area contributed by atoms with Crippen LogP contribution < -0.4 is 5.46 Å². The minimum absolute atomic E-state index is 0.0850. The highest BCUT2D eigenvalue weighted by atomic mass is 16.7.